The molecule has 0 unspecified atom stereocenters. The molecule has 0 spiro atoms. The monoisotopic (exact) mass is 319 g/mol. The van der Waals surface area contributed by atoms with E-state index in [1.807, 2.05) is 0 Å². The van der Waals surface area contributed by atoms with E-state index in [-0.39, 0.29) is 10.7 Å². The molecule has 1 fully saturated rings. The summed E-state index contributed by atoms with van der Waals surface area (Å²) in [4.78, 5) is 4.47. The number of nitrogen functional groups attached to an aromatic ring is 1. The summed E-state index contributed by atoms with van der Waals surface area (Å²) >= 11 is 1.16. The predicted octanol–water partition coefficient (Wildman–Crippen LogP) is 0.118. The van der Waals surface area contributed by atoms with Crippen LogP contribution in [0.3, 0.4) is 0 Å². The van der Waals surface area contributed by atoms with Gasteiger partial charge in [-0.2, -0.15) is 4.37 Å². The van der Waals surface area contributed by atoms with Gasteiger partial charge in [-0.05, 0) is 31.5 Å². The third-order valence-electron chi connectivity index (χ3n) is 3.40. The fraction of sp³-hybridized carbons (Fsp3) is 0.727. The van der Waals surface area contributed by atoms with Crippen molar-refractivity contribution >= 4 is 32.4 Å². The lowest BCUT2D eigenvalue weighted by Crippen LogP contribution is -2.30. The van der Waals surface area contributed by atoms with E-state index in [1.165, 1.54) is 18.4 Å². The van der Waals surface area contributed by atoms with Gasteiger partial charge in [-0.3, -0.25) is 0 Å². The molecule has 0 radical (unpaired) electrons. The summed E-state index contributed by atoms with van der Waals surface area (Å²) in [6, 6.07) is 0. The zero-order valence-electron chi connectivity index (χ0n) is 12.0. The number of anilines is 2. The van der Waals surface area contributed by atoms with E-state index >= 15 is 0 Å². The molecule has 0 bridgehead atoms. The van der Waals surface area contributed by atoms with Gasteiger partial charge < -0.3 is 15.5 Å². The van der Waals surface area contributed by atoms with Gasteiger partial charge in [0.2, 0.25) is 10.0 Å². The lowest BCUT2D eigenvalue weighted by molar-refractivity contribution is 0.360. The second-order valence-electron chi connectivity index (χ2n) is 5.13. The van der Waals surface area contributed by atoms with Gasteiger partial charge in [0.15, 0.2) is 10.7 Å². The van der Waals surface area contributed by atoms with Crippen molar-refractivity contribution < 1.29 is 8.42 Å². The Balaban J connectivity index is 2.39. The van der Waals surface area contributed by atoms with Crippen molar-refractivity contribution in [1.82, 2.24) is 13.6 Å². The van der Waals surface area contributed by atoms with Gasteiger partial charge in [-0.1, -0.05) is 0 Å². The Morgan fingerprint density at radius 2 is 1.95 bits per heavy atom. The minimum Gasteiger partial charge on any atom is -0.382 e. The third-order valence-corrected chi connectivity index (χ3v) is 6.34. The number of sulfonamides is 1. The van der Waals surface area contributed by atoms with Gasteiger partial charge in [0.05, 0.1) is 0 Å². The number of hydrogen-bond donors (Lipinski definition) is 1. The first-order chi connectivity index (χ1) is 9.34. The van der Waals surface area contributed by atoms with Crippen LogP contribution >= 0.6 is 11.5 Å². The Hall–Kier alpha value is -0.900. The van der Waals surface area contributed by atoms with E-state index in [0.717, 1.165) is 44.1 Å². The molecule has 0 amide bonds. The lowest BCUT2D eigenvalue weighted by Gasteiger charge is -2.22. The van der Waals surface area contributed by atoms with Gasteiger partial charge in [0, 0.05) is 33.7 Å². The van der Waals surface area contributed by atoms with Crippen molar-refractivity contribution in [3.05, 3.63) is 0 Å². The summed E-state index contributed by atoms with van der Waals surface area (Å²) in [5.74, 6) is 0.0938. The van der Waals surface area contributed by atoms with E-state index < -0.39 is 10.0 Å². The standard InChI is InChI=1S/C11H21N5O2S2/c1-14(2)20(17,18)9-10(12)13-19-11(9)16-6-4-5-15(3)7-8-16/h4-8H2,1-3H3,(H2,12,13). The maximum absolute atomic E-state index is 12.4. The molecule has 9 heteroatoms. The van der Waals surface area contributed by atoms with Gasteiger partial charge in [0.25, 0.3) is 0 Å². The maximum atomic E-state index is 12.4. The first-order valence-electron chi connectivity index (χ1n) is 6.45. The Kier molecular flexibility index (Phi) is 4.52. The Bertz CT molecular complexity index is 569. The molecule has 2 N–H and O–H groups in total. The summed E-state index contributed by atoms with van der Waals surface area (Å²) in [7, 11) is 1.52. The quantitative estimate of drug-likeness (QED) is 0.852. The van der Waals surface area contributed by atoms with Crippen LogP contribution in [0.2, 0.25) is 0 Å². The Morgan fingerprint density at radius 3 is 2.60 bits per heavy atom. The van der Waals surface area contributed by atoms with Crippen LogP contribution in [0, 0.1) is 0 Å². The highest BCUT2D eigenvalue weighted by Gasteiger charge is 2.30. The second kappa shape index (κ2) is 5.84. The number of nitrogens with zero attached hydrogens (tertiary/aromatic N) is 4. The number of nitrogens with two attached hydrogens (primary N) is 1. The smallest absolute Gasteiger partial charge is 0.249 e. The van der Waals surface area contributed by atoms with Crippen molar-refractivity contribution in [2.45, 2.75) is 11.3 Å². The molecule has 0 aliphatic carbocycles. The van der Waals surface area contributed by atoms with Crippen LogP contribution in [0.5, 0.6) is 0 Å². The number of hydrogen-bond acceptors (Lipinski definition) is 7. The molecule has 114 valence electrons. The summed E-state index contributed by atoms with van der Waals surface area (Å²) in [5, 5.41) is 0.659. The fourth-order valence-electron chi connectivity index (χ4n) is 2.16. The van der Waals surface area contributed by atoms with E-state index in [2.05, 4.69) is 21.2 Å². The second-order valence-corrected chi connectivity index (χ2v) is 7.97. The van der Waals surface area contributed by atoms with Gasteiger partial charge in [-0.15, -0.1) is 0 Å². The van der Waals surface area contributed by atoms with E-state index in [1.54, 1.807) is 0 Å². The summed E-state index contributed by atoms with van der Waals surface area (Å²) < 4.78 is 30.0. The number of rotatable bonds is 3. The average Bonchev–Trinajstić information content (AvgIpc) is 2.62. The molecular weight excluding hydrogens is 298 g/mol. The van der Waals surface area contributed by atoms with Gasteiger partial charge in [0.1, 0.15) is 5.00 Å². The summed E-state index contributed by atoms with van der Waals surface area (Å²) in [6.07, 6.45) is 0.996. The largest absolute Gasteiger partial charge is 0.382 e. The zero-order valence-corrected chi connectivity index (χ0v) is 13.7. The minimum atomic E-state index is -3.57. The van der Waals surface area contributed by atoms with Crippen LogP contribution in [-0.2, 0) is 10.0 Å². The molecule has 2 heterocycles. The van der Waals surface area contributed by atoms with Crippen molar-refractivity contribution in [2.75, 3.05) is 58.0 Å². The first-order valence-corrected chi connectivity index (χ1v) is 8.66. The van der Waals surface area contributed by atoms with Crippen molar-refractivity contribution in [3.63, 3.8) is 0 Å². The summed E-state index contributed by atoms with van der Waals surface area (Å²) in [5.41, 5.74) is 5.79. The molecule has 0 aromatic carbocycles. The van der Waals surface area contributed by atoms with Crippen LogP contribution < -0.4 is 10.6 Å². The van der Waals surface area contributed by atoms with Crippen molar-refractivity contribution in [3.8, 4) is 0 Å². The lowest BCUT2D eigenvalue weighted by atomic mass is 10.4. The highest BCUT2D eigenvalue weighted by molar-refractivity contribution is 7.89. The highest BCUT2D eigenvalue weighted by atomic mass is 32.2. The van der Waals surface area contributed by atoms with Crippen LogP contribution in [0.4, 0.5) is 10.8 Å². The van der Waals surface area contributed by atoms with Crippen LogP contribution in [0.25, 0.3) is 0 Å². The predicted molar refractivity (Wildman–Crippen MR) is 81.7 cm³/mol. The molecule has 7 nitrogen and oxygen atoms in total. The van der Waals surface area contributed by atoms with Crippen LogP contribution in [-0.4, -0.2) is 69.3 Å². The first kappa shape index (κ1) is 15.5. The number of aromatic nitrogens is 1. The molecule has 0 saturated carbocycles. The minimum absolute atomic E-state index is 0.0938. The fourth-order valence-corrected chi connectivity index (χ4v) is 4.43. The molecule has 1 saturated heterocycles. The normalized spacial score (nSPS) is 18.5. The van der Waals surface area contributed by atoms with Crippen molar-refractivity contribution in [2.24, 2.45) is 0 Å². The zero-order chi connectivity index (χ0) is 14.9. The van der Waals surface area contributed by atoms with Crippen molar-refractivity contribution in [1.29, 1.82) is 0 Å². The van der Waals surface area contributed by atoms with Gasteiger partial charge in [-0.25, -0.2) is 12.7 Å². The van der Waals surface area contributed by atoms with E-state index in [0.29, 0.717) is 5.00 Å². The Labute approximate surface area is 124 Å². The molecular formula is C11H21N5O2S2. The van der Waals surface area contributed by atoms with E-state index in [9.17, 15) is 8.42 Å². The van der Waals surface area contributed by atoms with Crippen LogP contribution in [0.15, 0.2) is 4.90 Å². The van der Waals surface area contributed by atoms with Crippen LogP contribution in [0.1, 0.15) is 6.42 Å². The average molecular weight is 319 g/mol. The van der Waals surface area contributed by atoms with Gasteiger partial charge >= 0.3 is 0 Å². The van der Waals surface area contributed by atoms with E-state index in [4.69, 9.17) is 5.73 Å². The molecule has 20 heavy (non-hydrogen) atoms. The Morgan fingerprint density at radius 1 is 1.25 bits per heavy atom. The molecule has 1 aliphatic rings. The summed E-state index contributed by atoms with van der Waals surface area (Å²) in [6.45, 7) is 3.52. The SMILES string of the molecule is CN1CCCN(c2snc(N)c2S(=O)(=O)N(C)C)CC1. The molecule has 1 aliphatic heterocycles. The number of likely N-dealkylation sites (N-methyl/N-ethyl adjacent to an activating group) is 1. The topological polar surface area (TPSA) is 82.8 Å². The molecule has 1 aromatic heterocycles. The molecule has 0 atom stereocenters. The maximum Gasteiger partial charge on any atom is 0.249 e. The molecule has 1 aromatic rings. The third kappa shape index (κ3) is 2.90. The highest BCUT2D eigenvalue weighted by Crippen LogP contribution is 2.36. The molecule has 2 rings (SSSR count).